The second kappa shape index (κ2) is 9.74. The molecule has 1 amide bonds. The zero-order valence-corrected chi connectivity index (χ0v) is 21.0. The molecular weight excluding hydrogens is 525 g/mol. The van der Waals surface area contributed by atoms with Crippen molar-refractivity contribution in [2.45, 2.75) is 6.54 Å². The lowest BCUT2D eigenvalue weighted by atomic mass is 9.98. The summed E-state index contributed by atoms with van der Waals surface area (Å²) >= 11 is 9.48. The van der Waals surface area contributed by atoms with Crippen LogP contribution in [0.15, 0.2) is 34.8 Å². The summed E-state index contributed by atoms with van der Waals surface area (Å²) in [4.78, 5) is 21.3. The van der Waals surface area contributed by atoms with E-state index in [1.54, 1.807) is 6.07 Å². The monoisotopic (exact) mass is 545 g/mol. The molecule has 4 rings (SSSR count). The molecule has 1 saturated heterocycles. The van der Waals surface area contributed by atoms with Crippen LogP contribution in [0.25, 0.3) is 22.2 Å². The van der Waals surface area contributed by atoms with E-state index in [4.69, 9.17) is 11.6 Å². The largest absolute Gasteiger partial charge is 0.465 e. The van der Waals surface area contributed by atoms with E-state index in [0.29, 0.717) is 47.5 Å². The number of carboxylic acid groups (broad SMARTS) is 1. The van der Waals surface area contributed by atoms with Crippen LogP contribution >= 0.6 is 27.5 Å². The third-order valence-corrected chi connectivity index (χ3v) is 7.07. The van der Waals surface area contributed by atoms with Gasteiger partial charge in [0, 0.05) is 43.7 Å². The lowest BCUT2D eigenvalue weighted by Crippen LogP contribution is -2.48. The number of hydrogen-bond donors (Lipinski definition) is 1. The van der Waals surface area contributed by atoms with Crippen LogP contribution in [0.5, 0.6) is 0 Å². The molecule has 1 N–H and O–H groups in total. The highest BCUT2D eigenvalue weighted by Crippen LogP contribution is 2.41. The predicted molar refractivity (Wildman–Crippen MR) is 134 cm³/mol. The average Bonchev–Trinajstić information content (AvgIpc) is 2.81. The Hall–Kier alpha value is -2.93. The van der Waals surface area contributed by atoms with Gasteiger partial charge >= 0.3 is 6.09 Å². The van der Waals surface area contributed by atoms with Gasteiger partial charge in [0.15, 0.2) is 5.82 Å². The summed E-state index contributed by atoms with van der Waals surface area (Å²) in [6.07, 6.45) is -0.990. The van der Waals surface area contributed by atoms with Gasteiger partial charge in [-0.05, 0) is 47.7 Å². The van der Waals surface area contributed by atoms with Crippen molar-refractivity contribution in [2.75, 3.05) is 45.2 Å². The number of halogens is 3. The molecule has 1 fully saturated rings. The number of nitrogens with zero attached hydrogens (tertiary/aromatic N) is 5. The van der Waals surface area contributed by atoms with Gasteiger partial charge in [-0.2, -0.15) is 5.26 Å². The highest BCUT2D eigenvalue weighted by molar-refractivity contribution is 9.10. The smallest absolute Gasteiger partial charge is 0.407 e. The Balaban J connectivity index is 1.96. The molecule has 1 aliphatic rings. The first kappa shape index (κ1) is 24.2. The van der Waals surface area contributed by atoms with Gasteiger partial charge in [0.25, 0.3) is 0 Å². The predicted octanol–water partition coefficient (Wildman–Crippen LogP) is 5.19. The number of rotatable bonds is 4. The molecule has 0 aliphatic carbocycles. The van der Waals surface area contributed by atoms with Gasteiger partial charge in [0.1, 0.15) is 17.1 Å². The standard InChI is InChI=1S/C24H22BrClFN5O2/c1-30(2)13-14-4-3-5-15(10-14)21-17(12-28)23(31-6-8-32(9-7-31)24(33)34)16-11-18(26)19(25)20(27)22(16)29-21/h3-5,10-11H,6-9,13H2,1-2H3,(H,33,34). The van der Waals surface area contributed by atoms with Gasteiger partial charge in [-0.3, -0.25) is 0 Å². The van der Waals surface area contributed by atoms with Gasteiger partial charge in [0.2, 0.25) is 0 Å². The van der Waals surface area contributed by atoms with Crippen molar-refractivity contribution in [1.29, 1.82) is 5.26 Å². The summed E-state index contributed by atoms with van der Waals surface area (Å²) in [5.41, 5.74) is 3.02. The second-order valence-corrected chi connectivity index (χ2v) is 9.57. The quantitative estimate of drug-likeness (QED) is 0.454. The van der Waals surface area contributed by atoms with E-state index in [1.165, 1.54) is 4.90 Å². The maximum atomic E-state index is 15.4. The average molecular weight is 547 g/mol. The number of aromatic nitrogens is 1. The van der Waals surface area contributed by atoms with Gasteiger partial charge in [0.05, 0.1) is 20.9 Å². The van der Waals surface area contributed by atoms with E-state index < -0.39 is 11.9 Å². The van der Waals surface area contributed by atoms with Crippen LogP contribution in [-0.4, -0.2) is 66.3 Å². The highest BCUT2D eigenvalue weighted by Gasteiger charge is 2.28. The second-order valence-electron chi connectivity index (χ2n) is 8.37. The molecule has 176 valence electrons. The van der Waals surface area contributed by atoms with E-state index in [2.05, 4.69) is 27.0 Å². The van der Waals surface area contributed by atoms with Gasteiger partial charge in [-0.1, -0.05) is 29.8 Å². The molecule has 0 atom stereocenters. The summed E-state index contributed by atoms with van der Waals surface area (Å²) in [5, 5.41) is 20.1. The molecule has 1 aliphatic heterocycles. The number of piperazine rings is 1. The summed E-state index contributed by atoms with van der Waals surface area (Å²) in [7, 11) is 3.93. The van der Waals surface area contributed by atoms with Crippen molar-refractivity contribution in [3.63, 3.8) is 0 Å². The highest BCUT2D eigenvalue weighted by atomic mass is 79.9. The molecule has 0 bridgehead atoms. The lowest BCUT2D eigenvalue weighted by Gasteiger charge is -2.36. The lowest BCUT2D eigenvalue weighted by molar-refractivity contribution is 0.142. The summed E-state index contributed by atoms with van der Waals surface area (Å²) in [6.45, 7) is 1.95. The van der Waals surface area contributed by atoms with E-state index in [1.807, 2.05) is 48.2 Å². The summed E-state index contributed by atoms with van der Waals surface area (Å²) in [5.74, 6) is -0.608. The fourth-order valence-corrected chi connectivity index (χ4v) is 4.73. The van der Waals surface area contributed by atoms with Crippen molar-refractivity contribution >= 4 is 50.2 Å². The zero-order valence-electron chi connectivity index (χ0n) is 18.6. The molecule has 0 unspecified atom stereocenters. The summed E-state index contributed by atoms with van der Waals surface area (Å²) in [6, 6.07) is 11.6. The number of amides is 1. The maximum absolute atomic E-state index is 15.4. The Morgan fingerprint density at radius 1 is 1.29 bits per heavy atom. The van der Waals surface area contributed by atoms with Crippen molar-refractivity contribution in [3.05, 3.63) is 56.8 Å². The first-order valence-electron chi connectivity index (χ1n) is 10.6. The molecule has 0 radical (unpaired) electrons. The minimum Gasteiger partial charge on any atom is -0.465 e. The Bertz CT molecular complexity index is 1320. The van der Waals surface area contributed by atoms with E-state index in [9.17, 15) is 15.2 Å². The van der Waals surface area contributed by atoms with Crippen LogP contribution in [0.3, 0.4) is 0 Å². The number of benzene rings is 2. The molecule has 34 heavy (non-hydrogen) atoms. The van der Waals surface area contributed by atoms with Crippen LogP contribution in [0.4, 0.5) is 14.9 Å². The molecule has 7 nitrogen and oxygen atoms in total. The van der Waals surface area contributed by atoms with Crippen LogP contribution in [-0.2, 0) is 6.54 Å². The first-order valence-corrected chi connectivity index (χ1v) is 11.8. The van der Waals surface area contributed by atoms with Crippen molar-refractivity contribution < 1.29 is 14.3 Å². The molecule has 10 heteroatoms. The first-order chi connectivity index (χ1) is 16.2. The Kier molecular flexibility index (Phi) is 6.94. The third kappa shape index (κ3) is 4.53. The summed E-state index contributed by atoms with van der Waals surface area (Å²) < 4.78 is 15.5. The van der Waals surface area contributed by atoms with E-state index >= 15 is 4.39 Å². The molecule has 0 saturated carbocycles. The number of hydrogen-bond acceptors (Lipinski definition) is 5. The molecule has 1 aromatic heterocycles. The van der Waals surface area contributed by atoms with Crippen LogP contribution in [0.1, 0.15) is 11.1 Å². The minimum absolute atomic E-state index is 0.0963. The fraction of sp³-hybridized carbons (Fsp3) is 0.292. The SMILES string of the molecule is CN(C)Cc1cccc(-c2nc3c(F)c(Br)c(Cl)cc3c(N3CCN(C(=O)O)CC3)c2C#N)c1. The Labute approximate surface area is 210 Å². The Morgan fingerprint density at radius 2 is 2.00 bits per heavy atom. The Morgan fingerprint density at radius 3 is 2.62 bits per heavy atom. The van der Waals surface area contributed by atoms with Gasteiger partial charge < -0.3 is 19.8 Å². The maximum Gasteiger partial charge on any atom is 0.407 e. The number of anilines is 1. The van der Waals surface area contributed by atoms with Crippen LogP contribution in [0.2, 0.25) is 5.02 Å². The third-order valence-electron chi connectivity index (χ3n) is 5.77. The van der Waals surface area contributed by atoms with Gasteiger partial charge in [-0.25, -0.2) is 14.2 Å². The van der Waals surface area contributed by atoms with Gasteiger partial charge in [-0.15, -0.1) is 0 Å². The van der Waals surface area contributed by atoms with Crippen LogP contribution in [0, 0.1) is 17.1 Å². The zero-order chi connectivity index (χ0) is 24.6. The molecule has 3 aromatic rings. The molecule has 2 heterocycles. The number of carbonyl (C=O) groups is 1. The molecular formula is C24H22BrClFN5O2. The fourth-order valence-electron chi connectivity index (χ4n) is 4.24. The minimum atomic E-state index is -0.990. The van der Waals surface area contributed by atoms with Crippen molar-refractivity contribution in [2.24, 2.45) is 0 Å². The van der Waals surface area contributed by atoms with E-state index in [-0.39, 0.29) is 28.1 Å². The normalized spacial score (nSPS) is 14.0. The molecule has 2 aromatic carbocycles. The van der Waals surface area contributed by atoms with Crippen molar-refractivity contribution in [3.8, 4) is 17.3 Å². The number of nitriles is 1. The number of fused-ring (bicyclic) bond motifs is 1. The number of pyridine rings is 1. The van der Waals surface area contributed by atoms with E-state index in [0.717, 1.165) is 5.56 Å². The van der Waals surface area contributed by atoms with Crippen molar-refractivity contribution in [1.82, 2.24) is 14.8 Å². The van der Waals surface area contributed by atoms with Crippen LogP contribution < -0.4 is 4.90 Å². The molecule has 0 spiro atoms. The topological polar surface area (TPSA) is 83.7 Å².